The third kappa shape index (κ3) is 6.15. The van der Waals surface area contributed by atoms with E-state index in [1.165, 1.54) is 26.3 Å². The van der Waals surface area contributed by atoms with Gasteiger partial charge in [-0.1, -0.05) is 18.2 Å². The van der Waals surface area contributed by atoms with Crippen molar-refractivity contribution in [2.75, 3.05) is 12.4 Å². The second-order valence-corrected chi connectivity index (χ2v) is 6.75. The standard InChI is InChI=1S/C24H22FN3O4/c1-16(29)27-20-10-8-18(9-11-20)24(30)28-26-14-17-7-12-22(23(13-17)31-2)32-15-19-5-3-4-6-21(19)25/h3-14H,15H2,1-2H3,(H,27,29)(H,28,30). The molecule has 3 aromatic rings. The molecule has 3 rings (SSSR count). The molecular formula is C24H22FN3O4. The van der Waals surface area contributed by atoms with Crippen molar-refractivity contribution in [1.29, 1.82) is 0 Å². The summed E-state index contributed by atoms with van der Waals surface area (Å²) in [6.45, 7) is 1.47. The highest BCUT2D eigenvalue weighted by Crippen LogP contribution is 2.28. The van der Waals surface area contributed by atoms with Crippen LogP contribution < -0.4 is 20.2 Å². The van der Waals surface area contributed by atoms with Crippen LogP contribution in [-0.4, -0.2) is 25.1 Å². The molecule has 0 radical (unpaired) electrons. The predicted octanol–water partition coefficient (Wildman–Crippen LogP) is 4.14. The Labute approximate surface area is 184 Å². The van der Waals surface area contributed by atoms with Crippen LogP contribution in [0.3, 0.4) is 0 Å². The van der Waals surface area contributed by atoms with Gasteiger partial charge in [0, 0.05) is 23.7 Å². The van der Waals surface area contributed by atoms with Crippen LogP contribution in [0.5, 0.6) is 11.5 Å². The molecule has 0 aliphatic rings. The first kappa shape index (κ1) is 22.5. The van der Waals surface area contributed by atoms with E-state index >= 15 is 0 Å². The van der Waals surface area contributed by atoms with Crippen molar-refractivity contribution in [2.24, 2.45) is 5.10 Å². The summed E-state index contributed by atoms with van der Waals surface area (Å²) in [6, 6.07) is 17.9. The third-order valence-electron chi connectivity index (χ3n) is 4.38. The maximum atomic E-state index is 13.8. The number of rotatable bonds is 8. The molecule has 2 amide bonds. The first-order valence-corrected chi connectivity index (χ1v) is 9.71. The number of carbonyl (C=O) groups excluding carboxylic acids is 2. The fraction of sp³-hybridized carbons (Fsp3) is 0.125. The number of methoxy groups -OCH3 is 1. The number of hydrogen-bond acceptors (Lipinski definition) is 5. The summed E-state index contributed by atoms with van der Waals surface area (Å²) < 4.78 is 24.8. The Morgan fingerprint density at radius 1 is 1.03 bits per heavy atom. The van der Waals surface area contributed by atoms with Crippen molar-refractivity contribution < 1.29 is 23.5 Å². The number of hydrazone groups is 1. The summed E-state index contributed by atoms with van der Waals surface area (Å²) >= 11 is 0. The number of nitrogens with zero attached hydrogens (tertiary/aromatic N) is 1. The molecule has 2 N–H and O–H groups in total. The largest absolute Gasteiger partial charge is 0.493 e. The highest BCUT2D eigenvalue weighted by Gasteiger charge is 2.08. The van der Waals surface area contributed by atoms with E-state index in [4.69, 9.17) is 9.47 Å². The van der Waals surface area contributed by atoms with Gasteiger partial charge in [0.25, 0.3) is 5.91 Å². The van der Waals surface area contributed by atoms with E-state index in [0.29, 0.717) is 33.9 Å². The number of anilines is 1. The zero-order valence-electron chi connectivity index (χ0n) is 17.6. The van der Waals surface area contributed by atoms with Gasteiger partial charge in [0.15, 0.2) is 11.5 Å². The van der Waals surface area contributed by atoms with Crippen molar-refractivity contribution >= 4 is 23.7 Å². The Hall–Kier alpha value is -4.20. The summed E-state index contributed by atoms with van der Waals surface area (Å²) in [7, 11) is 1.50. The van der Waals surface area contributed by atoms with Gasteiger partial charge in [-0.2, -0.15) is 5.10 Å². The van der Waals surface area contributed by atoms with Crippen LogP contribution in [0.4, 0.5) is 10.1 Å². The maximum Gasteiger partial charge on any atom is 0.271 e. The Balaban J connectivity index is 1.60. The van der Waals surface area contributed by atoms with Gasteiger partial charge >= 0.3 is 0 Å². The Morgan fingerprint density at radius 3 is 2.47 bits per heavy atom. The minimum atomic E-state index is -0.396. The van der Waals surface area contributed by atoms with Gasteiger partial charge in [-0.05, 0) is 54.1 Å². The summed E-state index contributed by atoms with van der Waals surface area (Å²) in [5.41, 5.74) is 4.54. The molecule has 0 saturated carbocycles. The number of halogens is 1. The van der Waals surface area contributed by atoms with Gasteiger partial charge in [-0.3, -0.25) is 9.59 Å². The minimum Gasteiger partial charge on any atom is -0.493 e. The normalized spacial score (nSPS) is 10.6. The summed E-state index contributed by atoms with van der Waals surface area (Å²) in [5.74, 6) is -0.0181. The Bertz CT molecular complexity index is 1130. The lowest BCUT2D eigenvalue weighted by atomic mass is 10.2. The zero-order chi connectivity index (χ0) is 22.9. The molecule has 8 heteroatoms. The van der Waals surface area contributed by atoms with Crippen molar-refractivity contribution in [3.8, 4) is 11.5 Å². The first-order chi connectivity index (χ1) is 15.5. The van der Waals surface area contributed by atoms with Crippen LogP contribution in [0.15, 0.2) is 71.8 Å². The molecule has 0 saturated heterocycles. The molecule has 0 atom stereocenters. The topological polar surface area (TPSA) is 89.0 Å². The van der Waals surface area contributed by atoms with Crippen LogP contribution in [0, 0.1) is 5.82 Å². The smallest absolute Gasteiger partial charge is 0.271 e. The molecular weight excluding hydrogens is 413 g/mol. The molecule has 3 aromatic carbocycles. The number of carbonyl (C=O) groups is 2. The molecule has 0 aromatic heterocycles. The molecule has 0 bridgehead atoms. The van der Waals surface area contributed by atoms with Crippen LogP contribution in [-0.2, 0) is 11.4 Å². The monoisotopic (exact) mass is 435 g/mol. The van der Waals surface area contributed by atoms with E-state index in [9.17, 15) is 14.0 Å². The van der Waals surface area contributed by atoms with E-state index < -0.39 is 5.91 Å². The third-order valence-corrected chi connectivity index (χ3v) is 4.38. The van der Waals surface area contributed by atoms with E-state index in [1.807, 2.05) is 0 Å². The summed E-state index contributed by atoms with van der Waals surface area (Å²) in [4.78, 5) is 23.3. The maximum absolute atomic E-state index is 13.8. The van der Waals surface area contributed by atoms with Crippen LogP contribution in [0.25, 0.3) is 0 Å². The molecule has 0 spiro atoms. The SMILES string of the molecule is COc1cc(C=NNC(=O)c2ccc(NC(C)=O)cc2)ccc1OCc1ccccc1F. The molecule has 0 fully saturated rings. The summed E-state index contributed by atoms with van der Waals surface area (Å²) in [6.07, 6.45) is 1.47. The molecule has 0 unspecified atom stereocenters. The summed E-state index contributed by atoms with van der Waals surface area (Å²) in [5, 5.41) is 6.59. The van der Waals surface area contributed by atoms with Gasteiger partial charge in [-0.15, -0.1) is 0 Å². The Morgan fingerprint density at radius 2 is 1.78 bits per heavy atom. The van der Waals surface area contributed by atoms with Gasteiger partial charge < -0.3 is 14.8 Å². The van der Waals surface area contributed by atoms with Crippen molar-refractivity contribution in [3.63, 3.8) is 0 Å². The molecule has 7 nitrogen and oxygen atoms in total. The highest BCUT2D eigenvalue weighted by molar-refractivity contribution is 5.96. The molecule has 32 heavy (non-hydrogen) atoms. The van der Waals surface area contributed by atoms with E-state index in [0.717, 1.165) is 0 Å². The van der Waals surface area contributed by atoms with E-state index in [-0.39, 0.29) is 18.3 Å². The molecule has 0 heterocycles. The van der Waals surface area contributed by atoms with Gasteiger partial charge in [-0.25, -0.2) is 9.82 Å². The lowest BCUT2D eigenvalue weighted by molar-refractivity contribution is -0.114. The van der Waals surface area contributed by atoms with Crippen LogP contribution in [0.1, 0.15) is 28.4 Å². The number of amides is 2. The van der Waals surface area contributed by atoms with Crippen molar-refractivity contribution in [2.45, 2.75) is 13.5 Å². The van der Waals surface area contributed by atoms with E-state index in [2.05, 4.69) is 15.8 Å². The molecule has 0 aliphatic heterocycles. The first-order valence-electron chi connectivity index (χ1n) is 9.71. The number of ether oxygens (including phenoxy) is 2. The lowest BCUT2D eigenvalue weighted by Crippen LogP contribution is -2.17. The van der Waals surface area contributed by atoms with Crippen LogP contribution >= 0.6 is 0 Å². The lowest BCUT2D eigenvalue weighted by Gasteiger charge is -2.11. The number of benzene rings is 3. The average molecular weight is 435 g/mol. The minimum absolute atomic E-state index is 0.0628. The quantitative estimate of drug-likeness (QED) is 0.411. The fourth-order valence-corrected chi connectivity index (χ4v) is 2.79. The molecule has 164 valence electrons. The second-order valence-electron chi connectivity index (χ2n) is 6.75. The fourth-order valence-electron chi connectivity index (χ4n) is 2.79. The second kappa shape index (κ2) is 10.7. The van der Waals surface area contributed by atoms with Gasteiger partial charge in [0.05, 0.1) is 13.3 Å². The van der Waals surface area contributed by atoms with Gasteiger partial charge in [0.2, 0.25) is 5.91 Å². The molecule has 0 aliphatic carbocycles. The van der Waals surface area contributed by atoms with Gasteiger partial charge in [0.1, 0.15) is 12.4 Å². The van der Waals surface area contributed by atoms with Crippen molar-refractivity contribution in [1.82, 2.24) is 5.43 Å². The van der Waals surface area contributed by atoms with Crippen molar-refractivity contribution in [3.05, 3.63) is 89.2 Å². The highest BCUT2D eigenvalue weighted by atomic mass is 19.1. The Kier molecular flexibility index (Phi) is 7.53. The predicted molar refractivity (Wildman–Crippen MR) is 120 cm³/mol. The number of hydrogen-bond donors (Lipinski definition) is 2. The van der Waals surface area contributed by atoms with Crippen LogP contribution in [0.2, 0.25) is 0 Å². The average Bonchev–Trinajstić information content (AvgIpc) is 2.79. The number of nitrogens with one attached hydrogen (secondary N) is 2. The zero-order valence-corrected chi connectivity index (χ0v) is 17.6. The van der Waals surface area contributed by atoms with E-state index in [1.54, 1.807) is 60.7 Å².